The Morgan fingerprint density at radius 3 is 2.60 bits per heavy atom. The lowest BCUT2D eigenvalue weighted by Gasteiger charge is -2.12. The minimum atomic E-state index is -0.587. The van der Waals surface area contributed by atoms with Crippen molar-refractivity contribution in [2.75, 3.05) is 0 Å². The summed E-state index contributed by atoms with van der Waals surface area (Å²) in [6.07, 6.45) is 3.78. The molecule has 3 aromatic heterocycles. The molecule has 1 amide bonds. The second kappa shape index (κ2) is 9.57. The average molecular weight is 417 g/mol. The largest absolute Gasteiger partial charge is 0.467 e. The Bertz CT molecular complexity index is 1120. The molecule has 0 aliphatic carbocycles. The summed E-state index contributed by atoms with van der Waals surface area (Å²) in [4.78, 5) is 43.0. The van der Waals surface area contributed by atoms with Gasteiger partial charge in [0.2, 0.25) is 5.91 Å². The van der Waals surface area contributed by atoms with Crippen LogP contribution in [0.3, 0.4) is 0 Å². The summed E-state index contributed by atoms with van der Waals surface area (Å²) in [7, 11) is 0. The van der Waals surface area contributed by atoms with E-state index in [-0.39, 0.29) is 24.3 Å². The summed E-state index contributed by atoms with van der Waals surface area (Å²) >= 11 is 0. The van der Waals surface area contributed by atoms with Crippen LogP contribution < -0.4 is 16.6 Å². The lowest BCUT2D eigenvalue weighted by atomic mass is 10.3. The number of aryl methyl sites for hydroxylation is 2. The zero-order valence-corrected chi connectivity index (χ0v) is 17.3. The van der Waals surface area contributed by atoms with E-state index in [9.17, 15) is 19.5 Å². The predicted octanol–water partition coefficient (Wildman–Crippen LogP) is 0.971. The highest BCUT2D eigenvalue weighted by molar-refractivity contribution is 5.76. The number of amides is 1. The quantitative estimate of drug-likeness (QED) is 0.507. The Hall–Kier alpha value is -3.14. The van der Waals surface area contributed by atoms with Crippen molar-refractivity contribution in [3.05, 3.63) is 50.8 Å². The third-order valence-electron chi connectivity index (χ3n) is 4.86. The molecule has 10 heteroatoms. The van der Waals surface area contributed by atoms with Gasteiger partial charge in [0.05, 0.1) is 12.8 Å². The monoisotopic (exact) mass is 417 g/mol. The number of aliphatic hydroxyl groups is 1. The molecule has 30 heavy (non-hydrogen) atoms. The first-order valence-corrected chi connectivity index (χ1v) is 10.1. The Morgan fingerprint density at radius 1 is 1.17 bits per heavy atom. The third kappa shape index (κ3) is 4.23. The van der Waals surface area contributed by atoms with Crippen LogP contribution in [0, 0.1) is 0 Å². The van der Waals surface area contributed by atoms with Crippen molar-refractivity contribution < 1.29 is 14.3 Å². The molecule has 0 aliphatic rings. The number of imidazole rings is 1. The molecule has 0 aliphatic heterocycles. The van der Waals surface area contributed by atoms with E-state index in [1.54, 1.807) is 16.7 Å². The van der Waals surface area contributed by atoms with Gasteiger partial charge in [-0.3, -0.25) is 14.2 Å². The zero-order chi connectivity index (χ0) is 21.7. The molecule has 0 aromatic carbocycles. The van der Waals surface area contributed by atoms with Gasteiger partial charge in [-0.25, -0.2) is 14.3 Å². The van der Waals surface area contributed by atoms with Gasteiger partial charge in [-0.1, -0.05) is 20.3 Å². The lowest BCUT2D eigenvalue weighted by Crippen LogP contribution is -2.44. The third-order valence-corrected chi connectivity index (χ3v) is 4.86. The van der Waals surface area contributed by atoms with Crippen LogP contribution >= 0.6 is 0 Å². The minimum Gasteiger partial charge on any atom is -0.467 e. The standard InChI is InChI=1S/C20H27N5O5/c1-3-5-9-24-18-17(23(8-4-2)15(13-26)22-18)19(28)25(20(24)29)12-16(27)21-11-14-7-6-10-30-14/h6-7,10,26H,3-5,8-9,11-13H2,1-2H3,(H,21,27). The fourth-order valence-electron chi connectivity index (χ4n) is 3.38. The van der Waals surface area contributed by atoms with E-state index < -0.39 is 23.7 Å². The van der Waals surface area contributed by atoms with Crippen molar-refractivity contribution in [1.82, 2.24) is 24.0 Å². The van der Waals surface area contributed by atoms with Gasteiger partial charge >= 0.3 is 5.69 Å². The van der Waals surface area contributed by atoms with Gasteiger partial charge in [-0.05, 0) is 25.0 Å². The molecule has 0 bridgehead atoms. The summed E-state index contributed by atoms with van der Waals surface area (Å²) in [5.41, 5.74) is -0.685. The van der Waals surface area contributed by atoms with E-state index in [2.05, 4.69) is 10.3 Å². The van der Waals surface area contributed by atoms with Gasteiger partial charge in [0.15, 0.2) is 11.2 Å². The average Bonchev–Trinajstić information content (AvgIpc) is 3.38. The molecule has 0 saturated carbocycles. The van der Waals surface area contributed by atoms with Crippen LogP contribution in [0.1, 0.15) is 44.7 Å². The second-order valence-corrected chi connectivity index (χ2v) is 7.05. The molecular formula is C20H27N5O5. The predicted molar refractivity (Wildman–Crippen MR) is 110 cm³/mol. The SMILES string of the molecule is CCCCn1c(=O)n(CC(=O)NCc2ccco2)c(=O)c2c1nc(CO)n2CCC. The van der Waals surface area contributed by atoms with Crippen LogP contribution in [0.5, 0.6) is 0 Å². The van der Waals surface area contributed by atoms with Gasteiger partial charge < -0.3 is 19.4 Å². The summed E-state index contributed by atoms with van der Waals surface area (Å²) < 4.78 is 9.17. The van der Waals surface area contributed by atoms with E-state index >= 15 is 0 Å². The highest BCUT2D eigenvalue weighted by Crippen LogP contribution is 2.13. The first-order chi connectivity index (χ1) is 14.5. The molecular weight excluding hydrogens is 390 g/mol. The maximum Gasteiger partial charge on any atom is 0.333 e. The molecule has 3 rings (SSSR count). The Morgan fingerprint density at radius 2 is 1.97 bits per heavy atom. The summed E-state index contributed by atoms with van der Waals surface area (Å²) in [5, 5.41) is 12.3. The number of aromatic nitrogens is 4. The number of rotatable bonds is 10. The summed E-state index contributed by atoms with van der Waals surface area (Å²) in [6, 6.07) is 3.43. The van der Waals surface area contributed by atoms with E-state index in [0.29, 0.717) is 31.1 Å². The Kier molecular flexibility index (Phi) is 6.88. The number of hydrogen-bond donors (Lipinski definition) is 2. The molecule has 3 aromatic rings. The first kappa shape index (κ1) is 21.6. The normalized spacial score (nSPS) is 11.3. The van der Waals surface area contributed by atoms with Gasteiger partial charge in [0.1, 0.15) is 24.7 Å². The molecule has 0 unspecified atom stereocenters. The second-order valence-electron chi connectivity index (χ2n) is 7.05. The summed E-state index contributed by atoms with van der Waals surface area (Å²) in [6.45, 7) is 4.18. The maximum atomic E-state index is 13.2. The van der Waals surface area contributed by atoms with Crippen LogP contribution in [0.25, 0.3) is 11.2 Å². The van der Waals surface area contributed by atoms with Crippen molar-refractivity contribution in [2.45, 2.75) is 65.9 Å². The van der Waals surface area contributed by atoms with Crippen LogP contribution in [-0.4, -0.2) is 29.7 Å². The molecule has 0 spiro atoms. The molecule has 10 nitrogen and oxygen atoms in total. The summed E-state index contributed by atoms with van der Waals surface area (Å²) in [5.74, 6) is 0.421. The van der Waals surface area contributed by atoms with Crippen LogP contribution in [-0.2, 0) is 37.6 Å². The van der Waals surface area contributed by atoms with Crippen molar-refractivity contribution in [3.63, 3.8) is 0 Å². The number of carbonyl (C=O) groups excluding carboxylic acids is 1. The molecule has 162 valence electrons. The molecule has 0 radical (unpaired) electrons. The Labute approximate surface area is 172 Å². The highest BCUT2D eigenvalue weighted by Gasteiger charge is 2.22. The molecule has 0 fully saturated rings. The van der Waals surface area contributed by atoms with Crippen molar-refractivity contribution in [1.29, 1.82) is 0 Å². The number of furan rings is 1. The number of unbranched alkanes of at least 4 members (excludes halogenated alkanes) is 1. The number of aliphatic hydroxyl groups excluding tert-OH is 1. The fraction of sp³-hybridized carbons (Fsp3) is 0.500. The van der Waals surface area contributed by atoms with Crippen molar-refractivity contribution in [3.8, 4) is 0 Å². The number of nitrogens with one attached hydrogen (secondary N) is 1. The highest BCUT2D eigenvalue weighted by atomic mass is 16.3. The number of carbonyl (C=O) groups is 1. The van der Waals surface area contributed by atoms with Crippen LogP contribution in [0.4, 0.5) is 0 Å². The van der Waals surface area contributed by atoms with Crippen molar-refractivity contribution in [2.24, 2.45) is 0 Å². The number of hydrogen-bond acceptors (Lipinski definition) is 6. The van der Waals surface area contributed by atoms with Gasteiger partial charge in [0.25, 0.3) is 5.56 Å². The topological polar surface area (TPSA) is 124 Å². The Balaban J connectivity index is 2.06. The van der Waals surface area contributed by atoms with E-state index in [0.717, 1.165) is 17.4 Å². The van der Waals surface area contributed by atoms with E-state index in [1.165, 1.54) is 10.8 Å². The fourth-order valence-corrected chi connectivity index (χ4v) is 3.38. The lowest BCUT2D eigenvalue weighted by molar-refractivity contribution is -0.122. The maximum absolute atomic E-state index is 13.2. The first-order valence-electron chi connectivity index (χ1n) is 10.1. The minimum absolute atomic E-state index is 0.162. The van der Waals surface area contributed by atoms with Gasteiger partial charge in [-0.2, -0.15) is 0 Å². The molecule has 3 heterocycles. The van der Waals surface area contributed by atoms with Crippen LogP contribution in [0.2, 0.25) is 0 Å². The van der Waals surface area contributed by atoms with Crippen LogP contribution in [0.15, 0.2) is 32.4 Å². The van der Waals surface area contributed by atoms with E-state index in [1.807, 2.05) is 13.8 Å². The number of nitrogens with zero attached hydrogens (tertiary/aromatic N) is 4. The smallest absolute Gasteiger partial charge is 0.333 e. The van der Waals surface area contributed by atoms with Gasteiger partial charge in [0, 0.05) is 13.1 Å². The zero-order valence-electron chi connectivity index (χ0n) is 17.3. The number of fused-ring (bicyclic) bond motifs is 1. The van der Waals surface area contributed by atoms with Gasteiger partial charge in [-0.15, -0.1) is 0 Å². The van der Waals surface area contributed by atoms with E-state index in [4.69, 9.17) is 4.42 Å². The molecule has 0 atom stereocenters. The molecule has 0 saturated heterocycles. The van der Waals surface area contributed by atoms with Crippen molar-refractivity contribution >= 4 is 17.1 Å². The molecule has 2 N–H and O–H groups in total.